The predicted octanol–water partition coefficient (Wildman–Crippen LogP) is 4.90. The molecule has 1 aliphatic heterocycles. The van der Waals surface area contributed by atoms with Crippen molar-refractivity contribution in [1.29, 1.82) is 0 Å². The van der Waals surface area contributed by atoms with E-state index in [0.29, 0.717) is 6.42 Å². The number of nitrogens with zero attached hydrogens (tertiary/aromatic N) is 1. The zero-order chi connectivity index (χ0) is 42.2. The first-order chi connectivity index (χ1) is 26.4. The van der Waals surface area contributed by atoms with Gasteiger partial charge in [-0.1, -0.05) is 113 Å². The van der Waals surface area contributed by atoms with E-state index in [2.05, 4.69) is 5.32 Å². The number of pyridine rings is 1. The fourth-order valence-corrected chi connectivity index (χ4v) is 6.41. The standard InChI is InChI=1S/C44H62N2O10/c1-10-12-16-24-36-43(6,7)35(49)28-44(54,56-36)32(11-2)41(52)45-26-20-19-22-30(4)40(55-9)31(5)39(51)34(48)23-18-15-13-14-17-21-29(3)38(50)37-33(47)25-27-46(8)42(37)53/h10,12-25,27,31-32,34-36,39-40,47-49,51,54H,11,26,28H2,1-9H3,(H,45,52)/b12-10-,15-13+,17-14+,20-19+,23-18+,24-16+,29-21+,30-22+/t31-,32+,34-,35-,36-,39+,40+,44-/m0/s1. The number of hydrogen-bond donors (Lipinski definition) is 6. The highest BCUT2D eigenvalue weighted by molar-refractivity contribution is 6.09. The molecule has 56 heavy (non-hydrogen) atoms. The summed E-state index contributed by atoms with van der Waals surface area (Å²) in [5.41, 5.74) is -0.516. The normalized spacial score (nSPS) is 23.8. The number of aromatic nitrogens is 1. The zero-order valence-corrected chi connectivity index (χ0v) is 34.1. The molecule has 1 fully saturated rings. The third kappa shape index (κ3) is 12.8. The number of carbonyl (C=O) groups is 2. The van der Waals surface area contributed by atoms with Gasteiger partial charge in [0.15, 0.2) is 11.6 Å². The van der Waals surface area contributed by atoms with Crippen molar-refractivity contribution in [3.8, 4) is 5.75 Å². The number of Topliss-reactive ketones (excluding diaryl/α,β-unsaturated/α-hetero) is 1. The van der Waals surface area contributed by atoms with E-state index in [4.69, 9.17) is 9.47 Å². The van der Waals surface area contributed by atoms with E-state index in [1.807, 2.05) is 39.8 Å². The lowest BCUT2D eigenvalue weighted by Gasteiger charge is -2.50. The minimum Gasteiger partial charge on any atom is -0.507 e. The van der Waals surface area contributed by atoms with Crippen molar-refractivity contribution in [3.05, 3.63) is 124 Å². The number of allylic oxidation sites excluding steroid dienone is 12. The highest BCUT2D eigenvalue weighted by Crippen LogP contribution is 2.44. The van der Waals surface area contributed by atoms with Crippen LogP contribution in [0.5, 0.6) is 5.75 Å². The van der Waals surface area contributed by atoms with E-state index >= 15 is 0 Å². The third-order valence-electron chi connectivity index (χ3n) is 10.2. The number of aliphatic hydroxyl groups is 4. The Hall–Kier alpha value is -4.43. The fraction of sp³-hybridized carbons (Fsp3) is 0.477. The van der Waals surface area contributed by atoms with Gasteiger partial charge in [0.2, 0.25) is 5.91 Å². The van der Waals surface area contributed by atoms with Crippen molar-refractivity contribution in [2.75, 3.05) is 13.7 Å². The highest BCUT2D eigenvalue weighted by atomic mass is 16.6. The van der Waals surface area contributed by atoms with Gasteiger partial charge in [0, 0.05) is 44.7 Å². The predicted molar refractivity (Wildman–Crippen MR) is 219 cm³/mol. The second-order valence-corrected chi connectivity index (χ2v) is 14.7. The van der Waals surface area contributed by atoms with E-state index in [-0.39, 0.29) is 29.9 Å². The molecule has 0 saturated carbocycles. The summed E-state index contributed by atoms with van der Waals surface area (Å²) < 4.78 is 13.0. The van der Waals surface area contributed by atoms with Gasteiger partial charge in [-0.3, -0.25) is 14.4 Å². The first-order valence-corrected chi connectivity index (χ1v) is 18.9. The molecule has 1 aromatic rings. The van der Waals surface area contributed by atoms with Gasteiger partial charge in [-0.15, -0.1) is 0 Å². The van der Waals surface area contributed by atoms with Gasteiger partial charge in [0.05, 0.1) is 36.4 Å². The van der Waals surface area contributed by atoms with Crippen LogP contribution in [-0.4, -0.2) is 91.8 Å². The summed E-state index contributed by atoms with van der Waals surface area (Å²) in [5.74, 6) is -4.63. The number of methoxy groups -OCH3 is 1. The van der Waals surface area contributed by atoms with Crippen LogP contribution >= 0.6 is 0 Å². The molecule has 8 atom stereocenters. The van der Waals surface area contributed by atoms with Crippen LogP contribution in [0.2, 0.25) is 0 Å². The number of aliphatic hydroxyl groups excluding tert-OH is 3. The first kappa shape index (κ1) is 47.7. The lowest BCUT2D eigenvalue weighted by molar-refractivity contribution is -0.314. The molecule has 12 nitrogen and oxygen atoms in total. The van der Waals surface area contributed by atoms with Crippen molar-refractivity contribution in [2.24, 2.45) is 24.3 Å². The van der Waals surface area contributed by atoms with Crippen LogP contribution in [0.4, 0.5) is 0 Å². The van der Waals surface area contributed by atoms with Crippen LogP contribution in [0.1, 0.15) is 71.7 Å². The summed E-state index contributed by atoms with van der Waals surface area (Å²) in [7, 11) is 3.01. The lowest BCUT2D eigenvalue weighted by Crippen LogP contribution is -2.60. The largest absolute Gasteiger partial charge is 0.507 e. The number of amides is 1. The number of aromatic hydroxyl groups is 1. The quantitative estimate of drug-likeness (QED) is 0.0641. The number of aryl methyl sites for hydroxylation is 1. The van der Waals surface area contributed by atoms with E-state index < -0.39 is 70.8 Å². The van der Waals surface area contributed by atoms with Crippen molar-refractivity contribution in [1.82, 2.24) is 9.88 Å². The van der Waals surface area contributed by atoms with Crippen LogP contribution in [0.15, 0.2) is 113 Å². The van der Waals surface area contributed by atoms with E-state index in [1.54, 1.807) is 81.5 Å². The number of nitrogens with one attached hydrogen (secondary N) is 1. The van der Waals surface area contributed by atoms with Crippen LogP contribution in [-0.2, 0) is 21.3 Å². The van der Waals surface area contributed by atoms with E-state index in [9.17, 15) is 39.9 Å². The number of rotatable bonds is 19. The maximum atomic E-state index is 13.2. The summed E-state index contributed by atoms with van der Waals surface area (Å²) in [6.07, 6.45) is 20.8. The molecule has 0 aliphatic carbocycles. The Balaban J connectivity index is 1.96. The highest BCUT2D eigenvalue weighted by Gasteiger charge is 2.54. The van der Waals surface area contributed by atoms with Gasteiger partial charge in [0.25, 0.3) is 5.56 Å². The first-order valence-electron chi connectivity index (χ1n) is 18.9. The van der Waals surface area contributed by atoms with Crippen molar-refractivity contribution in [3.63, 3.8) is 0 Å². The number of hydrogen-bond acceptors (Lipinski definition) is 10. The lowest BCUT2D eigenvalue weighted by atomic mass is 9.72. The minimum atomic E-state index is -1.85. The molecule has 0 bridgehead atoms. The van der Waals surface area contributed by atoms with Gasteiger partial charge in [-0.2, -0.15) is 0 Å². The molecule has 1 aliphatic rings. The topological polar surface area (TPSA) is 188 Å². The Labute approximate surface area is 331 Å². The third-order valence-corrected chi connectivity index (χ3v) is 10.2. The number of ketones is 1. The second kappa shape index (κ2) is 22.3. The Kier molecular flexibility index (Phi) is 19.0. The fourth-order valence-electron chi connectivity index (χ4n) is 6.41. The van der Waals surface area contributed by atoms with Gasteiger partial charge in [0.1, 0.15) is 11.3 Å². The molecular formula is C44H62N2O10. The summed E-state index contributed by atoms with van der Waals surface area (Å²) in [4.78, 5) is 38.1. The molecule has 2 rings (SSSR count). The molecule has 308 valence electrons. The summed E-state index contributed by atoms with van der Waals surface area (Å²) in [6.45, 7) is 12.7. The van der Waals surface area contributed by atoms with Gasteiger partial charge < -0.3 is 44.9 Å². The smallest absolute Gasteiger partial charge is 0.265 e. The molecule has 1 saturated heterocycles. The number of carbonyl (C=O) groups excluding carboxylic acids is 2. The molecule has 0 spiro atoms. The summed E-state index contributed by atoms with van der Waals surface area (Å²) in [5, 5.41) is 56.8. The maximum absolute atomic E-state index is 13.2. The van der Waals surface area contributed by atoms with Crippen molar-refractivity contribution < 1.29 is 44.6 Å². The van der Waals surface area contributed by atoms with E-state index in [1.165, 1.54) is 43.1 Å². The number of ether oxygens (including phenoxy) is 2. The Morgan fingerprint density at radius 1 is 1.07 bits per heavy atom. The molecule has 0 aromatic carbocycles. The van der Waals surface area contributed by atoms with E-state index in [0.717, 1.165) is 5.57 Å². The van der Waals surface area contributed by atoms with Crippen molar-refractivity contribution in [2.45, 2.75) is 97.6 Å². The molecule has 1 aromatic heterocycles. The van der Waals surface area contributed by atoms with Crippen LogP contribution in [0, 0.1) is 17.3 Å². The average molecular weight is 779 g/mol. The summed E-state index contributed by atoms with van der Waals surface area (Å²) in [6, 6.07) is 1.29. The molecule has 0 unspecified atom stereocenters. The monoisotopic (exact) mass is 778 g/mol. The van der Waals surface area contributed by atoms with Crippen LogP contribution in [0.3, 0.4) is 0 Å². The minimum absolute atomic E-state index is 0.102. The molecule has 1 amide bonds. The molecule has 0 radical (unpaired) electrons. The Bertz CT molecular complexity index is 1780. The van der Waals surface area contributed by atoms with Gasteiger partial charge in [-0.25, -0.2) is 0 Å². The second-order valence-electron chi connectivity index (χ2n) is 14.7. The Morgan fingerprint density at radius 3 is 2.38 bits per heavy atom. The maximum Gasteiger partial charge on any atom is 0.265 e. The molecule has 2 heterocycles. The van der Waals surface area contributed by atoms with Crippen molar-refractivity contribution >= 4 is 11.7 Å². The van der Waals surface area contributed by atoms with Crippen LogP contribution < -0.4 is 10.9 Å². The van der Waals surface area contributed by atoms with Crippen LogP contribution in [0.25, 0.3) is 0 Å². The zero-order valence-electron chi connectivity index (χ0n) is 34.1. The molecule has 6 N–H and O–H groups in total. The molecular weight excluding hydrogens is 716 g/mol. The van der Waals surface area contributed by atoms with Gasteiger partial charge in [-0.05, 0) is 44.4 Å². The van der Waals surface area contributed by atoms with Gasteiger partial charge >= 0.3 is 0 Å². The molecule has 12 heteroatoms. The Morgan fingerprint density at radius 2 is 1.73 bits per heavy atom. The SMILES string of the molecule is C/C=C\C=C\[C@@H]1O[C@](O)([C@H](CC)C(=O)NC/C=C/C=C(\C)[C@@H](OC)[C@@H](C)[C@@H](O)[C@@H](O)/C=C/C=C/C=C/C=C(\C)C(=O)c2c(O)ccn(C)c2=O)C[C@H](O)C1(C)C. The summed E-state index contributed by atoms with van der Waals surface area (Å²) >= 11 is 0. The average Bonchev–Trinajstić information content (AvgIpc) is 3.14.